The Balaban J connectivity index is 1.45. The minimum absolute atomic E-state index is 0.143. The zero-order valence-electron chi connectivity index (χ0n) is 17.7. The molecule has 2 fully saturated rings. The number of amides is 1. The number of alkyl halides is 2. The summed E-state index contributed by atoms with van der Waals surface area (Å²) in [5.41, 5.74) is 2.51. The number of likely N-dealkylation sites (tertiary alicyclic amines) is 1. The number of nitrogens with zero attached hydrogens (tertiary/aromatic N) is 5. The number of nitrogens with one attached hydrogen (secondary N) is 1. The maximum Gasteiger partial charge on any atom is 0.263 e. The molecule has 7 nitrogen and oxygen atoms in total. The molecule has 4 rings (SSSR count). The molecule has 1 aromatic carbocycles. The molecule has 3 heterocycles. The van der Waals surface area contributed by atoms with Crippen molar-refractivity contribution in [3.8, 4) is 6.07 Å². The molecular formula is C22H26F2N6O. The highest BCUT2D eigenvalue weighted by Gasteiger charge is 2.44. The average molecular weight is 428 g/mol. The van der Waals surface area contributed by atoms with Crippen LogP contribution in [0.2, 0.25) is 0 Å². The van der Waals surface area contributed by atoms with Crippen LogP contribution in [-0.4, -0.2) is 66.0 Å². The van der Waals surface area contributed by atoms with Gasteiger partial charge in [0.15, 0.2) is 0 Å². The maximum atomic E-state index is 14.3. The van der Waals surface area contributed by atoms with E-state index in [0.29, 0.717) is 42.7 Å². The van der Waals surface area contributed by atoms with E-state index in [4.69, 9.17) is 0 Å². The molecule has 1 amide bonds. The van der Waals surface area contributed by atoms with Gasteiger partial charge in [0.1, 0.15) is 17.1 Å². The Morgan fingerprint density at radius 2 is 2.03 bits per heavy atom. The van der Waals surface area contributed by atoms with Gasteiger partial charge in [-0.25, -0.2) is 8.78 Å². The summed E-state index contributed by atoms with van der Waals surface area (Å²) in [7, 11) is 1.68. The van der Waals surface area contributed by atoms with Crippen LogP contribution in [0.1, 0.15) is 25.3 Å². The Labute approximate surface area is 180 Å². The number of fused-ring (bicyclic) bond motifs is 1. The zero-order chi connectivity index (χ0) is 22.2. The number of halogens is 2. The van der Waals surface area contributed by atoms with Crippen molar-refractivity contribution in [3.05, 3.63) is 30.1 Å². The van der Waals surface area contributed by atoms with E-state index in [9.17, 15) is 18.8 Å². The number of carbonyl (C=O) groups is 1. The van der Waals surface area contributed by atoms with Crippen LogP contribution in [0.5, 0.6) is 0 Å². The quantitative estimate of drug-likeness (QED) is 0.805. The number of piperidine rings is 1. The summed E-state index contributed by atoms with van der Waals surface area (Å²) in [6, 6.07) is 5.57. The van der Waals surface area contributed by atoms with Crippen LogP contribution in [0.4, 0.5) is 14.5 Å². The second-order valence-electron chi connectivity index (χ2n) is 8.74. The number of nitriles is 1. The van der Waals surface area contributed by atoms with E-state index in [0.717, 1.165) is 5.69 Å². The first-order chi connectivity index (χ1) is 14.8. The fraction of sp³-hybridized carbons (Fsp3) is 0.545. The minimum atomic E-state index is -2.85. The summed E-state index contributed by atoms with van der Waals surface area (Å²) in [6.45, 7) is 3.55. The minimum Gasteiger partial charge on any atom is -0.367 e. The molecule has 1 aromatic heterocycles. The van der Waals surface area contributed by atoms with Gasteiger partial charge in [0.25, 0.3) is 5.92 Å². The summed E-state index contributed by atoms with van der Waals surface area (Å²) in [5.74, 6) is -3.95. The Morgan fingerprint density at radius 3 is 2.74 bits per heavy atom. The van der Waals surface area contributed by atoms with Crippen molar-refractivity contribution >= 4 is 22.6 Å². The summed E-state index contributed by atoms with van der Waals surface area (Å²) >= 11 is 0. The van der Waals surface area contributed by atoms with Crippen molar-refractivity contribution in [1.29, 1.82) is 5.26 Å². The van der Waals surface area contributed by atoms with Gasteiger partial charge >= 0.3 is 0 Å². The van der Waals surface area contributed by atoms with Gasteiger partial charge in [0, 0.05) is 37.8 Å². The summed E-state index contributed by atoms with van der Waals surface area (Å²) < 4.78 is 28.6. The largest absolute Gasteiger partial charge is 0.367 e. The van der Waals surface area contributed by atoms with Gasteiger partial charge in [-0.15, -0.1) is 0 Å². The third-order valence-corrected chi connectivity index (χ3v) is 6.39. The van der Waals surface area contributed by atoms with Crippen LogP contribution in [-0.2, 0) is 4.79 Å². The van der Waals surface area contributed by atoms with E-state index in [1.165, 1.54) is 0 Å². The van der Waals surface area contributed by atoms with Gasteiger partial charge in [0.05, 0.1) is 23.8 Å². The van der Waals surface area contributed by atoms with Crippen LogP contribution >= 0.6 is 0 Å². The Hall–Kier alpha value is -2.86. The van der Waals surface area contributed by atoms with Gasteiger partial charge in [-0.05, 0) is 38.1 Å². The van der Waals surface area contributed by atoms with Gasteiger partial charge in [-0.1, -0.05) is 6.92 Å². The van der Waals surface area contributed by atoms with Gasteiger partial charge in [0.2, 0.25) is 5.91 Å². The van der Waals surface area contributed by atoms with E-state index in [1.807, 2.05) is 13.0 Å². The molecular weight excluding hydrogens is 402 g/mol. The zero-order valence-corrected chi connectivity index (χ0v) is 17.7. The molecule has 1 N–H and O–H groups in total. The summed E-state index contributed by atoms with van der Waals surface area (Å²) in [5, 5.41) is 12.3. The number of benzene rings is 1. The number of hydrogen-bond acceptors (Lipinski definition) is 6. The van der Waals surface area contributed by atoms with Crippen LogP contribution < -0.4 is 10.2 Å². The Morgan fingerprint density at radius 1 is 1.29 bits per heavy atom. The van der Waals surface area contributed by atoms with Crippen molar-refractivity contribution in [2.75, 3.05) is 38.1 Å². The summed E-state index contributed by atoms with van der Waals surface area (Å²) in [6.07, 6.45) is 3.31. The van der Waals surface area contributed by atoms with E-state index < -0.39 is 11.8 Å². The number of hydrogen-bond donors (Lipinski definition) is 1. The predicted octanol–water partition coefficient (Wildman–Crippen LogP) is 2.42. The molecule has 3 atom stereocenters. The fourth-order valence-electron chi connectivity index (χ4n) is 4.64. The lowest BCUT2D eigenvalue weighted by Crippen LogP contribution is -2.49. The number of anilines is 1. The average Bonchev–Trinajstić information content (AvgIpc) is 3.08. The Kier molecular flexibility index (Phi) is 5.75. The lowest BCUT2D eigenvalue weighted by Gasteiger charge is -2.36. The third-order valence-electron chi connectivity index (χ3n) is 6.39. The molecule has 0 bridgehead atoms. The van der Waals surface area contributed by atoms with Crippen molar-refractivity contribution in [3.63, 3.8) is 0 Å². The van der Waals surface area contributed by atoms with E-state index >= 15 is 0 Å². The number of carbonyl (C=O) groups excluding carboxylic acids is 1. The lowest BCUT2D eigenvalue weighted by molar-refractivity contribution is -0.135. The number of aromatic nitrogens is 2. The van der Waals surface area contributed by atoms with Crippen molar-refractivity contribution in [1.82, 2.24) is 20.2 Å². The first kappa shape index (κ1) is 21.4. The van der Waals surface area contributed by atoms with Crippen molar-refractivity contribution in [2.24, 2.45) is 11.8 Å². The van der Waals surface area contributed by atoms with Crippen LogP contribution in [0.15, 0.2) is 24.5 Å². The van der Waals surface area contributed by atoms with Crippen LogP contribution in [0.25, 0.3) is 11.0 Å². The molecule has 0 radical (unpaired) electrons. The first-order valence-electron chi connectivity index (χ1n) is 10.5. The van der Waals surface area contributed by atoms with E-state index in [-0.39, 0.29) is 30.8 Å². The standard InChI is InChI=1S/C22H26F2N6O/c1-14-11-30(18-4-3-15(10-25)20-21(18)27-7-6-26-20)12-17(14)28-19(31)9-16-5-8-29(2)13-22(16,23)24/h3-4,6-7,14,16-17H,5,8-9,11-13H2,1-2H3,(H,28,31)/t14-,16-,17+/m1/s1. The lowest BCUT2D eigenvalue weighted by atomic mass is 9.89. The van der Waals surface area contributed by atoms with Gasteiger partial charge in [-0.2, -0.15) is 5.26 Å². The number of rotatable bonds is 4. The summed E-state index contributed by atoms with van der Waals surface area (Å²) in [4.78, 5) is 25.0. The molecule has 0 aliphatic carbocycles. The topological polar surface area (TPSA) is 85.1 Å². The molecule has 2 aliphatic rings. The molecule has 2 saturated heterocycles. The second-order valence-corrected chi connectivity index (χ2v) is 8.74. The first-order valence-corrected chi connectivity index (χ1v) is 10.5. The molecule has 2 aromatic rings. The van der Waals surface area contributed by atoms with E-state index in [1.54, 1.807) is 30.4 Å². The van der Waals surface area contributed by atoms with Crippen molar-refractivity contribution < 1.29 is 13.6 Å². The molecule has 164 valence electrons. The molecule has 0 spiro atoms. The Bertz CT molecular complexity index is 1020. The van der Waals surface area contributed by atoms with Crippen molar-refractivity contribution in [2.45, 2.75) is 31.7 Å². The highest BCUT2D eigenvalue weighted by Crippen LogP contribution is 2.35. The maximum absolute atomic E-state index is 14.3. The highest BCUT2D eigenvalue weighted by atomic mass is 19.3. The van der Waals surface area contributed by atoms with Crippen LogP contribution in [0, 0.1) is 23.2 Å². The van der Waals surface area contributed by atoms with Gasteiger partial charge in [-0.3, -0.25) is 14.8 Å². The van der Waals surface area contributed by atoms with E-state index in [2.05, 4.69) is 26.3 Å². The predicted molar refractivity (Wildman–Crippen MR) is 113 cm³/mol. The molecule has 2 aliphatic heterocycles. The van der Waals surface area contributed by atoms with Gasteiger partial charge < -0.3 is 15.1 Å². The SMILES string of the molecule is C[C@@H]1CN(c2ccc(C#N)c3nccnc23)C[C@@H]1NC(=O)C[C@H]1CCN(C)CC1(F)F. The molecule has 0 saturated carbocycles. The monoisotopic (exact) mass is 428 g/mol. The smallest absolute Gasteiger partial charge is 0.263 e. The molecule has 31 heavy (non-hydrogen) atoms. The van der Waals surface area contributed by atoms with Crippen LogP contribution in [0.3, 0.4) is 0 Å². The molecule has 9 heteroatoms. The normalized spacial score (nSPS) is 26.0. The fourth-order valence-corrected chi connectivity index (χ4v) is 4.64. The highest BCUT2D eigenvalue weighted by molar-refractivity contribution is 5.92. The molecule has 0 unspecified atom stereocenters. The second kappa shape index (κ2) is 8.35. The third kappa shape index (κ3) is 4.30.